The minimum Gasteiger partial charge on any atom is -0.326 e. The molecule has 0 aliphatic heterocycles. The topological polar surface area (TPSA) is 63.2 Å². The average molecular weight is 379 g/mol. The van der Waals surface area contributed by atoms with Gasteiger partial charge in [-0.15, -0.1) is 0 Å². The van der Waals surface area contributed by atoms with Gasteiger partial charge in [0.2, 0.25) is 5.91 Å². The van der Waals surface area contributed by atoms with Crippen LogP contribution in [0.25, 0.3) is 11.1 Å². The summed E-state index contributed by atoms with van der Waals surface area (Å²) in [5.41, 5.74) is 3.73. The van der Waals surface area contributed by atoms with Gasteiger partial charge in [0.15, 0.2) is 9.84 Å². The molecule has 0 unspecified atom stereocenters. The van der Waals surface area contributed by atoms with Crippen LogP contribution >= 0.6 is 0 Å². The number of anilines is 1. The molecule has 0 saturated heterocycles. The van der Waals surface area contributed by atoms with Crippen LogP contribution in [0.15, 0.2) is 83.8 Å². The Bertz CT molecular complexity index is 1010. The Hall–Kier alpha value is -2.92. The van der Waals surface area contributed by atoms with Crippen LogP contribution in [0.1, 0.15) is 12.5 Å². The van der Waals surface area contributed by atoms with Gasteiger partial charge in [0.25, 0.3) is 0 Å². The first-order valence-electron chi connectivity index (χ1n) is 8.75. The van der Waals surface area contributed by atoms with Gasteiger partial charge in [-0.05, 0) is 41.0 Å². The molecule has 3 aromatic carbocycles. The SMILES string of the molecule is CCS(=O)(=O)c1ccc(NC(=O)Cc2ccc(-c3ccccc3)cc2)cc1. The maximum atomic E-state index is 12.2. The van der Waals surface area contributed by atoms with Crippen molar-refractivity contribution in [2.75, 3.05) is 11.1 Å². The summed E-state index contributed by atoms with van der Waals surface area (Å²) < 4.78 is 23.6. The van der Waals surface area contributed by atoms with Gasteiger partial charge in [0.1, 0.15) is 0 Å². The molecule has 0 aliphatic rings. The lowest BCUT2D eigenvalue weighted by Gasteiger charge is -2.08. The maximum Gasteiger partial charge on any atom is 0.228 e. The quantitative estimate of drug-likeness (QED) is 0.693. The zero-order valence-electron chi connectivity index (χ0n) is 15.1. The molecule has 0 heterocycles. The van der Waals surface area contributed by atoms with E-state index in [0.717, 1.165) is 16.7 Å². The molecular formula is C22H21NO3S. The Morgan fingerprint density at radius 2 is 1.41 bits per heavy atom. The van der Waals surface area contributed by atoms with E-state index in [4.69, 9.17) is 0 Å². The molecule has 0 atom stereocenters. The maximum absolute atomic E-state index is 12.2. The fourth-order valence-electron chi connectivity index (χ4n) is 2.75. The van der Waals surface area contributed by atoms with E-state index in [0.29, 0.717) is 5.69 Å². The molecule has 4 nitrogen and oxygen atoms in total. The highest BCUT2D eigenvalue weighted by molar-refractivity contribution is 7.91. The van der Waals surface area contributed by atoms with Crippen LogP contribution < -0.4 is 5.32 Å². The molecule has 1 amide bonds. The highest BCUT2D eigenvalue weighted by Gasteiger charge is 2.11. The van der Waals surface area contributed by atoms with Crippen LogP contribution in [-0.2, 0) is 21.1 Å². The summed E-state index contributed by atoms with van der Waals surface area (Å²) in [6.45, 7) is 1.61. The molecule has 3 rings (SSSR count). The molecule has 0 aliphatic carbocycles. The Morgan fingerprint density at radius 1 is 0.815 bits per heavy atom. The van der Waals surface area contributed by atoms with Crippen molar-refractivity contribution in [1.29, 1.82) is 0 Å². The summed E-state index contributed by atoms with van der Waals surface area (Å²) in [6.07, 6.45) is 0.254. The predicted molar refractivity (Wildman–Crippen MR) is 108 cm³/mol. The molecule has 27 heavy (non-hydrogen) atoms. The van der Waals surface area contributed by atoms with Crippen LogP contribution in [0.4, 0.5) is 5.69 Å². The van der Waals surface area contributed by atoms with Gasteiger partial charge < -0.3 is 5.32 Å². The zero-order chi connectivity index (χ0) is 19.3. The summed E-state index contributed by atoms with van der Waals surface area (Å²) in [5.74, 6) is -0.0916. The predicted octanol–water partition coefficient (Wildman–Crippen LogP) is 4.33. The number of hydrogen-bond acceptors (Lipinski definition) is 3. The van der Waals surface area contributed by atoms with Gasteiger partial charge in [-0.25, -0.2) is 8.42 Å². The van der Waals surface area contributed by atoms with Crippen molar-refractivity contribution in [1.82, 2.24) is 0 Å². The van der Waals surface area contributed by atoms with Gasteiger partial charge in [0.05, 0.1) is 17.1 Å². The third kappa shape index (κ3) is 4.83. The van der Waals surface area contributed by atoms with Gasteiger partial charge in [-0.3, -0.25) is 4.79 Å². The second-order valence-electron chi connectivity index (χ2n) is 6.22. The molecule has 138 valence electrons. The summed E-state index contributed by atoms with van der Waals surface area (Å²) in [6, 6.07) is 24.2. The molecule has 0 radical (unpaired) electrons. The van der Waals surface area contributed by atoms with E-state index in [1.165, 1.54) is 12.1 Å². The van der Waals surface area contributed by atoms with Crippen molar-refractivity contribution < 1.29 is 13.2 Å². The molecule has 3 aromatic rings. The number of rotatable bonds is 6. The molecule has 1 N–H and O–H groups in total. The minimum atomic E-state index is -3.23. The average Bonchev–Trinajstić information content (AvgIpc) is 2.69. The lowest BCUT2D eigenvalue weighted by atomic mass is 10.0. The summed E-state index contributed by atoms with van der Waals surface area (Å²) in [4.78, 5) is 12.5. The van der Waals surface area contributed by atoms with E-state index in [9.17, 15) is 13.2 Å². The first kappa shape index (κ1) is 18.9. The normalized spacial score (nSPS) is 11.1. The molecule has 5 heteroatoms. The summed E-state index contributed by atoms with van der Waals surface area (Å²) in [7, 11) is -3.23. The molecular weight excluding hydrogens is 358 g/mol. The zero-order valence-corrected chi connectivity index (χ0v) is 15.9. The van der Waals surface area contributed by atoms with E-state index in [-0.39, 0.29) is 23.0 Å². The van der Waals surface area contributed by atoms with Gasteiger partial charge in [0, 0.05) is 5.69 Å². The Morgan fingerprint density at radius 3 is 2.00 bits per heavy atom. The highest BCUT2D eigenvalue weighted by atomic mass is 32.2. The molecule has 0 spiro atoms. The third-order valence-corrected chi connectivity index (χ3v) is 6.05. The van der Waals surface area contributed by atoms with Crippen molar-refractivity contribution in [3.05, 3.63) is 84.4 Å². The number of nitrogens with one attached hydrogen (secondary N) is 1. The fraction of sp³-hybridized carbons (Fsp3) is 0.136. The standard InChI is InChI=1S/C22H21NO3S/c1-2-27(25,26)21-14-12-20(13-15-21)23-22(24)16-17-8-10-19(11-9-17)18-6-4-3-5-7-18/h3-15H,2,16H2,1H3,(H,23,24). The number of carbonyl (C=O) groups is 1. The molecule has 0 bridgehead atoms. The van der Waals surface area contributed by atoms with Crippen molar-refractivity contribution in [3.63, 3.8) is 0 Å². The van der Waals surface area contributed by atoms with Crippen LogP contribution in [0.5, 0.6) is 0 Å². The smallest absolute Gasteiger partial charge is 0.228 e. The molecule has 0 aromatic heterocycles. The van der Waals surface area contributed by atoms with Crippen LogP contribution in [0, 0.1) is 0 Å². The molecule has 0 fully saturated rings. The monoisotopic (exact) mass is 379 g/mol. The van der Waals surface area contributed by atoms with Crippen LogP contribution in [0.3, 0.4) is 0 Å². The van der Waals surface area contributed by atoms with Gasteiger partial charge in [-0.2, -0.15) is 0 Å². The minimum absolute atomic E-state index is 0.0533. The lowest BCUT2D eigenvalue weighted by molar-refractivity contribution is -0.115. The van der Waals surface area contributed by atoms with Crippen molar-refractivity contribution in [3.8, 4) is 11.1 Å². The van der Waals surface area contributed by atoms with E-state index < -0.39 is 9.84 Å². The van der Waals surface area contributed by atoms with Gasteiger partial charge in [-0.1, -0.05) is 61.5 Å². The second kappa shape index (κ2) is 8.18. The van der Waals surface area contributed by atoms with Crippen molar-refractivity contribution in [2.45, 2.75) is 18.2 Å². The second-order valence-corrected chi connectivity index (χ2v) is 8.49. The fourth-order valence-corrected chi connectivity index (χ4v) is 3.63. The number of hydrogen-bond donors (Lipinski definition) is 1. The largest absolute Gasteiger partial charge is 0.326 e. The summed E-state index contributed by atoms with van der Waals surface area (Å²) >= 11 is 0. The van der Waals surface area contributed by atoms with Crippen LogP contribution in [-0.4, -0.2) is 20.1 Å². The van der Waals surface area contributed by atoms with Crippen molar-refractivity contribution in [2.24, 2.45) is 0 Å². The van der Waals surface area contributed by atoms with Crippen molar-refractivity contribution >= 4 is 21.4 Å². The Kier molecular flexibility index (Phi) is 5.72. The Labute approximate surface area is 159 Å². The van der Waals surface area contributed by atoms with E-state index in [1.807, 2.05) is 54.6 Å². The summed E-state index contributed by atoms with van der Waals surface area (Å²) in [5, 5.41) is 2.80. The van der Waals surface area contributed by atoms with E-state index >= 15 is 0 Å². The van der Waals surface area contributed by atoms with E-state index in [1.54, 1.807) is 19.1 Å². The third-order valence-electron chi connectivity index (χ3n) is 4.30. The van der Waals surface area contributed by atoms with Crippen LogP contribution in [0.2, 0.25) is 0 Å². The number of benzene rings is 3. The Balaban J connectivity index is 1.62. The lowest BCUT2D eigenvalue weighted by Crippen LogP contribution is -2.14. The molecule has 0 saturated carbocycles. The number of amides is 1. The van der Waals surface area contributed by atoms with Gasteiger partial charge >= 0.3 is 0 Å². The first-order valence-corrected chi connectivity index (χ1v) is 10.4. The first-order chi connectivity index (χ1) is 13.0. The number of carbonyl (C=O) groups excluding carboxylic acids is 1. The van der Waals surface area contributed by atoms with E-state index in [2.05, 4.69) is 5.32 Å². The highest BCUT2D eigenvalue weighted by Crippen LogP contribution is 2.20. The number of sulfone groups is 1.